The minimum absolute atomic E-state index is 0.875. The Labute approximate surface area is 147 Å². The molecule has 0 unspecified atom stereocenters. The lowest BCUT2D eigenvalue weighted by molar-refractivity contribution is 0.419. The van der Waals surface area contributed by atoms with Gasteiger partial charge in [0.05, 0.1) is 12.6 Å². The molecule has 4 aromatic rings. The van der Waals surface area contributed by atoms with Gasteiger partial charge in [-0.2, -0.15) is 0 Å². The highest BCUT2D eigenvalue weighted by Gasteiger charge is 2.14. The molecule has 1 N–H and O–H groups in total. The SMILES string of the molecule is CC/C=C(\c1ccccc1)c1cccc2[nH]c3c(OC)cccc3c12. The molecule has 4 rings (SSSR count). The Balaban J connectivity index is 2.06. The van der Waals surface area contributed by atoms with Gasteiger partial charge in [-0.05, 0) is 35.3 Å². The van der Waals surface area contributed by atoms with Crippen LogP contribution in [0, 0.1) is 0 Å². The smallest absolute Gasteiger partial charge is 0.142 e. The number of ether oxygens (including phenoxy) is 1. The predicted octanol–water partition coefficient (Wildman–Crippen LogP) is 6.17. The molecule has 0 amide bonds. The molecule has 0 saturated carbocycles. The van der Waals surface area contributed by atoms with Crippen molar-refractivity contribution in [3.05, 3.63) is 83.9 Å². The van der Waals surface area contributed by atoms with Crippen molar-refractivity contribution in [1.29, 1.82) is 0 Å². The molecule has 25 heavy (non-hydrogen) atoms. The first-order valence-electron chi connectivity index (χ1n) is 8.67. The Kier molecular flexibility index (Phi) is 4.02. The fourth-order valence-electron chi connectivity index (χ4n) is 3.55. The van der Waals surface area contributed by atoms with E-state index < -0.39 is 0 Å². The second-order valence-corrected chi connectivity index (χ2v) is 6.13. The molecular formula is C23H21NO. The van der Waals surface area contributed by atoms with Gasteiger partial charge < -0.3 is 9.72 Å². The van der Waals surface area contributed by atoms with Crippen molar-refractivity contribution in [3.63, 3.8) is 0 Å². The van der Waals surface area contributed by atoms with Crippen LogP contribution >= 0.6 is 0 Å². The van der Waals surface area contributed by atoms with Crippen molar-refractivity contribution in [2.45, 2.75) is 13.3 Å². The normalized spacial score (nSPS) is 12.0. The third-order valence-electron chi connectivity index (χ3n) is 4.62. The number of methoxy groups -OCH3 is 1. The van der Waals surface area contributed by atoms with Gasteiger partial charge in [0.1, 0.15) is 5.75 Å². The second kappa shape index (κ2) is 6.48. The van der Waals surface area contributed by atoms with Gasteiger partial charge in [0.2, 0.25) is 0 Å². The highest BCUT2D eigenvalue weighted by atomic mass is 16.5. The number of benzene rings is 3. The van der Waals surface area contributed by atoms with E-state index in [-0.39, 0.29) is 0 Å². The molecule has 3 aromatic carbocycles. The van der Waals surface area contributed by atoms with Gasteiger partial charge in [0, 0.05) is 16.3 Å². The fraction of sp³-hybridized carbons (Fsp3) is 0.130. The van der Waals surface area contributed by atoms with E-state index in [1.165, 1.54) is 27.5 Å². The molecule has 0 aliphatic carbocycles. The van der Waals surface area contributed by atoms with Crippen molar-refractivity contribution in [3.8, 4) is 5.75 Å². The van der Waals surface area contributed by atoms with E-state index in [4.69, 9.17) is 4.74 Å². The van der Waals surface area contributed by atoms with Gasteiger partial charge in [-0.3, -0.25) is 0 Å². The van der Waals surface area contributed by atoms with E-state index in [0.717, 1.165) is 23.2 Å². The molecule has 2 heteroatoms. The van der Waals surface area contributed by atoms with Crippen molar-refractivity contribution >= 4 is 27.4 Å². The molecule has 2 nitrogen and oxygen atoms in total. The maximum atomic E-state index is 5.54. The molecule has 0 fully saturated rings. The monoisotopic (exact) mass is 327 g/mol. The number of nitrogens with one attached hydrogen (secondary N) is 1. The van der Waals surface area contributed by atoms with Crippen molar-refractivity contribution < 1.29 is 4.74 Å². The van der Waals surface area contributed by atoms with E-state index >= 15 is 0 Å². The number of hydrogen-bond acceptors (Lipinski definition) is 1. The lowest BCUT2D eigenvalue weighted by atomic mass is 9.93. The second-order valence-electron chi connectivity index (χ2n) is 6.13. The number of allylic oxidation sites excluding steroid dienone is 1. The van der Waals surface area contributed by atoms with Crippen LogP contribution in [0.25, 0.3) is 27.4 Å². The van der Waals surface area contributed by atoms with E-state index in [9.17, 15) is 0 Å². The average molecular weight is 327 g/mol. The number of hydrogen-bond donors (Lipinski definition) is 1. The molecule has 0 aliphatic heterocycles. The first-order valence-corrected chi connectivity index (χ1v) is 8.67. The predicted molar refractivity (Wildman–Crippen MR) is 106 cm³/mol. The number of H-pyrrole nitrogens is 1. The van der Waals surface area contributed by atoms with Crippen LogP contribution in [0.4, 0.5) is 0 Å². The molecular weight excluding hydrogens is 306 g/mol. The van der Waals surface area contributed by atoms with Crippen molar-refractivity contribution in [2.75, 3.05) is 7.11 Å². The summed E-state index contributed by atoms with van der Waals surface area (Å²) in [5, 5.41) is 2.45. The van der Waals surface area contributed by atoms with Gasteiger partial charge in [0.25, 0.3) is 0 Å². The van der Waals surface area contributed by atoms with Crippen LogP contribution in [-0.4, -0.2) is 12.1 Å². The lowest BCUT2D eigenvalue weighted by Gasteiger charge is -2.10. The fourth-order valence-corrected chi connectivity index (χ4v) is 3.55. The average Bonchev–Trinajstić information content (AvgIpc) is 3.06. The maximum absolute atomic E-state index is 5.54. The first kappa shape index (κ1) is 15.5. The summed E-state index contributed by atoms with van der Waals surface area (Å²) in [6.45, 7) is 2.18. The highest BCUT2D eigenvalue weighted by Crippen LogP contribution is 2.37. The maximum Gasteiger partial charge on any atom is 0.142 e. The van der Waals surface area contributed by atoms with Gasteiger partial charge in [-0.15, -0.1) is 0 Å². The topological polar surface area (TPSA) is 25.0 Å². The molecule has 0 radical (unpaired) electrons. The Morgan fingerprint density at radius 1 is 0.960 bits per heavy atom. The molecule has 0 spiro atoms. The molecule has 1 heterocycles. The summed E-state index contributed by atoms with van der Waals surface area (Å²) >= 11 is 0. The van der Waals surface area contributed by atoms with Gasteiger partial charge in [0.15, 0.2) is 0 Å². The first-order chi connectivity index (χ1) is 12.3. The van der Waals surface area contributed by atoms with Gasteiger partial charge >= 0.3 is 0 Å². The summed E-state index contributed by atoms with van der Waals surface area (Å²) in [6, 6.07) is 23.3. The molecule has 0 aliphatic rings. The van der Waals surface area contributed by atoms with Crippen LogP contribution < -0.4 is 4.74 Å². The van der Waals surface area contributed by atoms with E-state index in [0.29, 0.717) is 0 Å². The number of aromatic amines is 1. The van der Waals surface area contributed by atoms with Gasteiger partial charge in [-0.1, -0.05) is 67.6 Å². The Bertz CT molecular complexity index is 1060. The molecule has 124 valence electrons. The van der Waals surface area contributed by atoms with Crippen molar-refractivity contribution in [2.24, 2.45) is 0 Å². The summed E-state index contributed by atoms with van der Waals surface area (Å²) in [5.74, 6) is 0.875. The Morgan fingerprint density at radius 2 is 1.76 bits per heavy atom. The van der Waals surface area contributed by atoms with E-state index in [1.807, 2.05) is 6.07 Å². The number of rotatable bonds is 4. The van der Waals surface area contributed by atoms with Crippen LogP contribution in [0.15, 0.2) is 72.8 Å². The molecule has 0 bridgehead atoms. The van der Waals surface area contributed by atoms with Crippen LogP contribution in [0.2, 0.25) is 0 Å². The van der Waals surface area contributed by atoms with Crippen LogP contribution in [0.3, 0.4) is 0 Å². The summed E-state index contributed by atoms with van der Waals surface area (Å²) in [6.07, 6.45) is 3.30. The highest BCUT2D eigenvalue weighted by molar-refractivity contribution is 6.14. The van der Waals surface area contributed by atoms with Crippen LogP contribution in [0.5, 0.6) is 5.75 Å². The molecule has 0 saturated heterocycles. The Morgan fingerprint density at radius 3 is 2.52 bits per heavy atom. The number of aromatic nitrogens is 1. The molecule has 1 aromatic heterocycles. The lowest BCUT2D eigenvalue weighted by Crippen LogP contribution is -1.89. The summed E-state index contributed by atoms with van der Waals surface area (Å²) < 4.78 is 5.54. The third kappa shape index (κ3) is 2.60. The zero-order chi connectivity index (χ0) is 17.2. The third-order valence-corrected chi connectivity index (χ3v) is 4.62. The Hall–Kier alpha value is -3.00. The minimum Gasteiger partial charge on any atom is -0.495 e. The zero-order valence-corrected chi connectivity index (χ0v) is 14.5. The largest absolute Gasteiger partial charge is 0.495 e. The standard InChI is InChI=1S/C23H21NO/c1-3-9-17(16-10-5-4-6-11-16)18-12-7-14-20-22(18)19-13-8-15-21(25-2)23(19)24-20/h4-15,24H,3H2,1-2H3/b17-9+. The summed E-state index contributed by atoms with van der Waals surface area (Å²) in [5.41, 5.74) is 5.96. The zero-order valence-electron chi connectivity index (χ0n) is 14.5. The van der Waals surface area contributed by atoms with Crippen LogP contribution in [0.1, 0.15) is 24.5 Å². The van der Waals surface area contributed by atoms with E-state index in [1.54, 1.807) is 7.11 Å². The summed E-state index contributed by atoms with van der Waals surface area (Å²) in [7, 11) is 1.72. The minimum atomic E-state index is 0.875. The van der Waals surface area contributed by atoms with Crippen LogP contribution in [-0.2, 0) is 0 Å². The van der Waals surface area contributed by atoms with Crippen molar-refractivity contribution in [1.82, 2.24) is 4.98 Å². The molecule has 0 atom stereocenters. The van der Waals surface area contributed by atoms with E-state index in [2.05, 4.69) is 78.6 Å². The quantitative estimate of drug-likeness (QED) is 0.476. The van der Waals surface area contributed by atoms with Gasteiger partial charge in [-0.25, -0.2) is 0 Å². The number of fused-ring (bicyclic) bond motifs is 3. The number of para-hydroxylation sites is 1. The summed E-state index contributed by atoms with van der Waals surface area (Å²) in [4.78, 5) is 3.53.